The van der Waals surface area contributed by atoms with Gasteiger partial charge in [-0.05, 0) is 38.1 Å². The van der Waals surface area contributed by atoms with Crippen LogP contribution in [0.15, 0.2) is 0 Å². The molecule has 2 unspecified atom stereocenters. The zero-order chi connectivity index (χ0) is 9.52. The minimum absolute atomic E-state index is 0.717. The first-order valence-corrected chi connectivity index (χ1v) is 5.66. The quantitative estimate of drug-likeness (QED) is 0.681. The van der Waals surface area contributed by atoms with Gasteiger partial charge in [-0.15, -0.1) is 0 Å². The van der Waals surface area contributed by atoms with Gasteiger partial charge in [-0.2, -0.15) is 0 Å². The molecule has 0 aromatic rings. The molecule has 0 saturated heterocycles. The van der Waals surface area contributed by atoms with Crippen molar-refractivity contribution >= 4 is 0 Å². The summed E-state index contributed by atoms with van der Waals surface area (Å²) in [6.07, 6.45) is 6.76. The third-order valence-electron chi connectivity index (χ3n) is 3.16. The van der Waals surface area contributed by atoms with Gasteiger partial charge in [0.2, 0.25) is 0 Å². The Bertz CT molecular complexity index is 127. The van der Waals surface area contributed by atoms with E-state index in [0.29, 0.717) is 5.92 Å². The molecule has 0 spiro atoms. The van der Waals surface area contributed by atoms with Gasteiger partial charge < -0.3 is 10.5 Å². The summed E-state index contributed by atoms with van der Waals surface area (Å²) in [5, 5.41) is 0. The number of rotatable bonds is 4. The van der Waals surface area contributed by atoms with Crippen molar-refractivity contribution in [2.24, 2.45) is 17.6 Å². The standard InChI is InChI=1S/C11H23NO/c1-2-13-9-11-7-5-3-4-6-10(11)8-12/h10-11H,2-9,12H2,1H3. The number of ether oxygens (including phenoxy) is 1. The molecule has 0 aromatic carbocycles. The van der Waals surface area contributed by atoms with Crippen molar-refractivity contribution in [3.63, 3.8) is 0 Å². The average Bonchev–Trinajstić information content (AvgIpc) is 2.39. The molecule has 0 amide bonds. The van der Waals surface area contributed by atoms with Gasteiger partial charge in [-0.25, -0.2) is 0 Å². The number of hydrogen-bond acceptors (Lipinski definition) is 2. The van der Waals surface area contributed by atoms with Gasteiger partial charge in [0.1, 0.15) is 0 Å². The maximum atomic E-state index is 5.78. The Balaban J connectivity index is 2.34. The highest BCUT2D eigenvalue weighted by atomic mass is 16.5. The van der Waals surface area contributed by atoms with E-state index >= 15 is 0 Å². The summed E-state index contributed by atoms with van der Waals surface area (Å²) in [6.45, 7) is 4.68. The van der Waals surface area contributed by atoms with Crippen molar-refractivity contribution in [2.75, 3.05) is 19.8 Å². The maximum absolute atomic E-state index is 5.78. The van der Waals surface area contributed by atoms with Gasteiger partial charge in [0, 0.05) is 13.2 Å². The Morgan fingerprint density at radius 2 is 1.85 bits per heavy atom. The fraction of sp³-hybridized carbons (Fsp3) is 1.00. The van der Waals surface area contributed by atoms with Crippen molar-refractivity contribution in [3.8, 4) is 0 Å². The van der Waals surface area contributed by atoms with E-state index in [-0.39, 0.29) is 0 Å². The molecule has 1 rings (SSSR count). The summed E-state index contributed by atoms with van der Waals surface area (Å²) < 4.78 is 5.51. The third kappa shape index (κ3) is 3.65. The van der Waals surface area contributed by atoms with Crippen LogP contribution in [-0.2, 0) is 4.74 Å². The van der Waals surface area contributed by atoms with Crippen LogP contribution in [-0.4, -0.2) is 19.8 Å². The molecule has 0 bridgehead atoms. The van der Waals surface area contributed by atoms with Crippen LogP contribution in [0.3, 0.4) is 0 Å². The van der Waals surface area contributed by atoms with Crippen molar-refractivity contribution in [1.29, 1.82) is 0 Å². The predicted octanol–water partition coefficient (Wildman–Crippen LogP) is 2.18. The molecule has 2 heteroatoms. The number of hydrogen-bond donors (Lipinski definition) is 1. The molecule has 0 heterocycles. The van der Waals surface area contributed by atoms with Crippen LogP contribution >= 0.6 is 0 Å². The lowest BCUT2D eigenvalue weighted by Gasteiger charge is -2.23. The fourth-order valence-corrected chi connectivity index (χ4v) is 2.26. The first-order valence-electron chi connectivity index (χ1n) is 5.66. The van der Waals surface area contributed by atoms with Gasteiger partial charge in [-0.3, -0.25) is 0 Å². The molecule has 0 aliphatic heterocycles. The van der Waals surface area contributed by atoms with Crippen LogP contribution < -0.4 is 5.73 Å². The van der Waals surface area contributed by atoms with Crippen LogP contribution in [0, 0.1) is 11.8 Å². The second-order valence-corrected chi connectivity index (χ2v) is 4.05. The van der Waals surface area contributed by atoms with E-state index in [9.17, 15) is 0 Å². The summed E-state index contributed by atoms with van der Waals surface area (Å²) in [5.74, 6) is 1.45. The van der Waals surface area contributed by atoms with E-state index in [1.54, 1.807) is 0 Å². The molecule has 13 heavy (non-hydrogen) atoms. The molecule has 1 saturated carbocycles. The molecule has 2 N–H and O–H groups in total. The van der Waals surface area contributed by atoms with Crippen molar-refractivity contribution in [3.05, 3.63) is 0 Å². The summed E-state index contributed by atoms with van der Waals surface area (Å²) in [5.41, 5.74) is 5.78. The minimum Gasteiger partial charge on any atom is -0.381 e. The first kappa shape index (κ1) is 11.0. The summed E-state index contributed by atoms with van der Waals surface area (Å²) >= 11 is 0. The Labute approximate surface area is 81.8 Å². The zero-order valence-corrected chi connectivity index (χ0v) is 8.80. The Morgan fingerprint density at radius 3 is 2.46 bits per heavy atom. The van der Waals surface area contributed by atoms with Crippen LogP contribution in [0.25, 0.3) is 0 Å². The lowest BCUT2D eigenvalue weighted by atomic mass is 9.89. The van der Waals surface area contributed by atoms with E-state index in [4.69, 9.17) is 10.5 Å². The van der Waals surface area contributed by atoms with Gasteiger partial charge in [0.15, 0.2) is 0 Å². The van der Waals surface area contributed by atoms with Crippen LogP contribution in [0.5, 0.6) is 0 Å². The number of nitrogens with two attached hydrogens (primary N) is 1. The lowest BCUT2D eigenvalue weighted by molar-refractivity contribution is 0.0837. The summed E-state index contributed by atoms with van der Waals surface area (Å²) in [7, 11) is 0. The highest BCUT2D eigenvalue weighted by Gasteiger charge is 2.22. The molecule has 1 aliphatic carbocycles. The first-order chi connectivity index (χ1) is 6.38. The largest absolute Gasteiger partial charge is 0.381 e. The Kier molecular flexibility index (Phi) is 5.40. The molecule has 0 aromatic heterocycles. The van der Waals surface area contributed by atoms with Crippen molar-refractivity contribution < 1.29 is 4.74 Å². The van der Waals surface area contributed by atoms with Gasteiger partial charge in [0.25, 0.3) is 0 Å². The smallest absolute Gasteiger partial charge is 0.0497 e. The highest BCUT2D eigenvalue weighted by Crippen LogP contribution is 2.28. The van der Waals surface area contributed by atoms with Crippen LogP contribution in [0.4, 0.5) is 0 Å². The average molecular weight is 185 g/mol. The second-order valence-electron chi connectivity index (χ2n) is 4.05. The van der Waals surface area contributed by atoms with Gasteiger partial charge in [-0.1, -0.05) is 19.3 Å². The maximum Gasteiger partial charge on any atom is 0.0497 e. The van der Waals surface area contributed by atoms with Crippen molar-refractivity contribution in [2.45, 2.75) is 39.0 Å². The van der Waals surface area contributed by atoms with Crippen LogP contribution in [0.1, 0.15) is 39.0 Å². The Morgan fingerprint density at radius 1 is 1.15 bits per heavy atom. The predicted molar refractivity (Wildman–Crippen MR) is 55.6 cm³/mol. The normalized spacial score (nSPS) is 30.0. The molecule has 1 fully saturated rings. The lowest BCUT2D eigenvalue weighted by Crippen LogP contribution is -2.26. The van der Waals surface area contributed by atoms with Crippen molar-refractivity contribution in [1.82, 2.24) is 0 Å². The monoisotopic (exact) mass is 185 g/mol. The summed E-state index contributed by atoms with van der Waals surface area (Å²) in [6, 6.07) is 0. The fourth-order valence-electron chi connectivity index (χ4n) is 2.26. The molecule has 2 nitrogen and oxygen atoms in total. The molecule has 0 radical (unpaired) electrons. The highest BCUT2D eigenvalue weighted by molar-refractivity contribution is 4.74. The van der Waals surface area contributed by atoms with E-state index in [2.05, 4.69) is 6.92 Å². The van der Waals surface area contributed by atoms with Crippen LogP contribution in [0.2, 0.25) is 0 Å². The zero-order valence-electron chi connectivity index (χ0n) is 8.80. The van der Waals surface area contributed by atoms with Gasteiger partial charge in [0.05, 0.1) is 0 Å². The van der Waals surface area contributed by atoms with E-state index in [0.717, 1.165) is 25.7 Å². The third-order valence-corrected chi connectivity index (χ3v) is 3.16. The minimum atomic E-state index is 0.717. The van der Waals surface area contributed by atoms with E-state index < -0.39 is 0 Å². The second kappa shape index (κ2) is 6.39. The topological polar surface area (TPSA) is 35.2 Å². The summed E-state index contributed by atoms with van der Waals surface area (Å²) in [4.78, 5) is 0. The Hall–Kier alpha value is -0.0800. The molecule has 78 valence electrons. The van der Waals surface area contributed by atoms with Gasteiger partial charge >= 0.3 is 0 Å². The molecular weight excluding hydrogens is 162 g/mol. The van der Waals surface area contributed by atoms with E-state index in [1.807, 2.05) is 0 Å². The molecule has 1 aliphatic rings. The van der Waals surface area contributed by atoms with E-state index in [1.165, 1.54) is 32.1 Å². The molecular formula is C11H23NO. The molecule has 2 atom stereocenters. The SMILES string of the molecule is CCOCC1CCCCCC1CN.